The van der Waals surface area contributed by atoms with Crippen molar-refractivity contribution >= 4 is 5.91 Å². The Hall–Kier alpha value is -3.35. The molecule has 0 bridgehead atoms. The van der Waals surface area contributed by atoms with Gasteiger partial charge >= 0.3 is 0 Å². The summed E-state index contributed by atoms with van der Waals surface area (Å²) in [7, 11) is 1.60. The number of aromatic nitrogens is 2. The van der Waals surface area contributed by atoms with Crippen LogP contribution in [0.2, 0.25) is 0 Å². The van der Waals surface area contributed by atoms with Gasteiger partial charge in [-0.05, 0) is 43.7 Å². The highest BCUT2D eigenvalue weighted by Gasteiger charge is 2.19. The van der Waals surface area contributed by atoms with E-state index in [-0.39, 0.29) is 12.5 Å². The van der Waals surface area contributed by atoms with E-state index in [1.807, 2.05) is 38.1 Å². The van der Waals surface area contributed by atoms with Gasteiger partial charge in [0.25, 0.3) is 5.91 Å². The maximum atomic E-state index is 12.4. The van der Waals surface area contributed by atoms with E-state index in [0.717, 1.165) is 16.9 Å². The fraction of sp³-hybridized carbons (Fsp3) is 0.286. The van der Waals surface area contributed by atoms with Crippen LogP contribution in [-0.2, 0) is 11.3 Å². The minimum absolute atomic E-state index is 0.139. The molecule has 0 radical (unpaired) electrons. The normalized spacial score (nSPS) is 11.7. The molecule has 0 saturated heterocycles. The van der Waals surface area contributed by atoms with Gasteiger partial charge in [0.1, 0.15) is 11.5 Å². The van der Waals surface area contributed by atoms with Crippen molar-refractivity contribution in [1.82, 2.24) is 15.5 Å². The largest absolute Gasteiger partial charge is 0.497 e. The van der Waals surface area contributed by atoms with Crippen LogP contribution in [0, 0.1) is 6.92 Å². The number of ether oxygens (including phenoxy) is 2. The molecular formula is C21H23N3O4. The second-order valence-corrected chi connectivity index (χ2v) is 6.29. The number of benzene rings is 2. The van der Waals surface area contributed by atoms with Gasteiger partial charge in [0.2, 0.25) is 11.7 Å². The number of carbonyl (C=O) groups excluding carboxylic acids is 1. The molecule has 146 valence electrons. The molecule has 1 atom stereocenters. The van der Waals surface area contributed by atoms with Crippen molar-refractivity contribution < 1.29 is 18.8 Å². The highest BCUT2D eigenvalue weighted by molar-refractivity contribution is 5.81. The average Bonchev–Trinajstić information content (AvgIpc) is 3.20. The summed E-state index contributed by atoms with van der Waals surface area (Å²) in [5.41, 5.74) is 1.98. The van der Waals surface area contributed by atoms with Crippen molar-refractivity contribution in [3.8, 4) is 22.9 Å². The summed E-state index contributed by atoms with van der Waals surface area (Å²) in [4.78, 5) is 16.8. The first kappa shape index (κ1) is 19.4. The van der Waals surface area contributed by atoms with Crippen molar-refractivity contribution in [3.05, 3.63) is 60.0 Å². The molecule has 0 saturated carbocycles. The van der Waals surface area contributed by atoms with Crippen LogP contribution in [0.15, 0.2) is 53.1 Å². The third kappa shape index (κ3) is 4.88. The number of methoxy groups -OCH3 is 1. The van der Waals surface area contributed by atoms with Gasteiger partial charge in [0, 0.05) is 5.56 Å². The molecule has 0 unspecified atom stereocenters. The molecule has 3 aromatic rings. The van der Waals surface area contributed by atoms with E-state index in [9.17, 15) is 4.79 Å². The zero-order valence-corrected chi connectivity index (χ0v) is 16.1. The number of nitrogens with zero attached hydrogens (tertiary/aromatic N) is 2. The maximum Gasteiger partial charge on any atom is 0.261 e. The van der Waals surface area contributed by atoms with Gasteiger partial charge in [0.15, 0.2) is 6.10 Å². The Kier molecular flexibility index (Phi) is 6.26. The quantitative estimate of drug-likeness (QED) is 0.642. The lowest BCUT2D eigenvalue weighted by Gasteiger charge is -2.16. The van der Waals surface area contributed by atoms with E-state index in [1.165, 1.54) is 0 Å². The van der Waals surface area contributed by atoms with Gasteiger partial charge in [-0.3, -0.25) is 4.79 Å². The molecule has 0 fully saturated rings. The fourth-order valence-electron chi connectivity index (χ4n) is 2.65. The van der Waals surface area contributed by atoms with Gasteiger partial charge in [-0.15, -0.1) is 0 Å². The van der Waals surface area contributed by atoms with Crippen molar-refractivity contribution in [2.45, 2.75) is 32.9 Å². The summed E-state index contributed by atoms with van der Waals surface area (Å²) in [6, 6.07) is 14.9. The fourth-order valence-corrected chi connectivity index (χ4v) is 2.65. The zero-order valence-electron chi connectivity index (χ0n) is 16.1. The third-order valence-corrected chi connectivity index (χ3v) is 4.16. The Morgan fingerprint density at radius 1 is 1.18 bits per heavy atom. The molecule has 2 aromatic carbocycles. The van der Waals surface area contributed by atoms with Gasteiger partial charge in [0.05, 0.1) is 13.7 Å². The summed E-state index contributed by atoms with van der Waals surface area (Å²) in [6.45, 7) is 4.02. The number of carbonyl (C=O) groups is 1. The minimum atomic E-state index is -0.618. The molecule has 0 aliphatic rings. The Balaban J connectivity index is 1.57. The zero-order chi connectivity index (χ0) is 19.9. The number of hydrogen-bond acceptors (Lipinski definition) is 6. The molecule has 0 aliphatic carbocycles. The topological polar surface area (TPSA) is 86.5 Å². The molecule has 0 spiro atoms. The van der Waals surface area contributed by atoms with Crippen LogP contribution in [0.1, 0.15) is 24.8 Å². The summed E-state index contributed by atoms with van der Waals surface area (Å²) in [5.74, 6) is 1.92. The number of rotatable bonds is 8. The van der Waals surface area contributed by atoms with E-state index in [2.05, 4.69) is 15.5 Å². The highest BCUT2D eigenvalue weighted by atomic mass is 16.5. The number of nitrogens with one attached hydrogen (secondary N) is 1. The van der Waals surface area contributed by atoms with E-state index in [0.29, 0.717) is 23.9 Å². The summed E-state index contributed by atoms with van der Waals surface area (Å²) < 4.78 is 16.1. The lowest BCUT2D eigenvalue weighted by Crippen LogP contribution is -2.37. The maximum absolute atomic E-state index is 12.4. The van der Waals surface area contributed by atoms with Crippen LogP contribution in [0.25, 0.3) is 11.4 Å². The summed E-state index contributed by atoms with van der Waals surface area (Å²) in [6.07, 6.45) is -0.0940. The molecule has 3 rings (SSSR count). The predicted octanol–water partition coefficient (Wildman–Crippen LogP) is 3.53. The van der Waals surface area contributed by atoms with Gasteiger partial charge < -0.3 is 19.3 Å². The van der Waals surface area contributed by atoms with E-state index < -0.39 is 6.10 Å². The van der Waals surface area contributed by atoms with Crippen molar-refractivity contribution in [3.63, 3.8) is 0 Å². The molecule has 1 N–H and O–H groups in total. The van der Waals surface area contributed by atoms with Crippen LogP contribution in [0.3, 0.4) is 0 Å². The summed E-state index contributed by atoms with van der Waals surface area (Å²) >= 11 is 0. The molecule has 7 nitrogen and oxygen atoms in total. The van der Waals surface area contributed by atoms with Crippen LogP contribution in [0.5, 0.6) is 11.5 Å². The predicted molar refractivity (Wildman–Crippen MR) is 104 cm³/mol. The monoisotopic (exact) mass is 381 g/mol. The first-order valence-corrected chi connectivity index (χ1v) is 9.07. The molecule has 7 heteroatoms. The Labute approximate surface area is 163 Å². The molecule has 1 amide bonds. The van der Waals surface area contributed by atoms with Gasteiger partial charge in [-0.25, -0.2) is 0 Å². The lowest BCUT2D eigenvalue weighted by molar-refractivity contribution is -0.128. The smallest absolute Gasteiger partial charge is 0.261 e. The lowest BCUT2D eigenvalue weighted by atomic mass is 10.1. The van der Waals surface area contributed by atoms with Crippen LogP contribution in [-0.4, -0.2) is 29.3 Å². The van der Waals surface area contributed by atoms with Crippen LogP contribution < -0.4 is 14.8 Å². The van der Waals surface area contributed by atoms with E-state index in [4.69, 9.17) is 14.0 Å². The second-order valence-electron chi connectivity index (χ2n) is 6.29. The SMILES string of the molecule is CC[C@@H](Oc1ccc(OC)cc1)C(=O)NCc1nc(-c2cccc(C)c2)no1. The van der Waals surface area contributed by atoms with Crippen molar-refractivity contribution in [1.29, 1.82) is 0 Å². The molecule has 28 heavy (non-hydrogen) atoms. The van der Waals surface area contributed by atoms with Crippen LogP contribution >= 0.6 is 0 Å². The number of hydrogen-bond donors (Lipinski definition) is 1. The van der Waals surface area contributed by atoms with Gasteiger partial charge in [-0.1, -0.05) is 35.8 Å². The second kappa shape index (κ2) is 9.03. The van der Waals surface area contributed by atoms with E-state index in [1.54, 1.807) is 31.4 Å². The molecular weight excluding hydrogens is 358 g/mol. The molecule has 0 aliphatic heterocycles. The summed E-state index contributed by atoms with van der Waals surface area (Å²) in [5, 5.41) is 6.76. The van der Waals surface area contributed by atoms with Crippen molar-refractivity contribution in [2.75, 3.05) is 7.11 Å². The standard InChI is InChI=1S/C21H23N3O4/c1-4-18(27-17-10-8-16(26-3)9-11-17)21(25)22-13-19-23-20(24-28-19)15-7-5-6-14(2)12-15/h5-12,18H,4,13H2,1-3H3,(H,22,25)/t18-/m1/s1. The Bertz CT molecular complexity index is 921. The first-order valence-electron chi connectivity index (χ1n) is 9.07. The number of amides is 1. The third-order valence-electron chi connectivity index (χ3n) is 4.16. The minimum Gasteiger partial charge on any atom is -0.497 e. The highest BCUT2D eigenvalue weighted by Crippen LogP contribution is 2.19. The Morgan fingerprint density at radius 3 is 2.61 bits per heavy atom. The van der Waals surface area contributed by atoms with Crippen molar-refractivity contribution in [2.24, 2.45) is 0 Å². The number of aryl methyl sites for hydroxylation is 1. The molecule has 1 aromatic heterocycles. The van der Waals surface area contributed by atoms with Gasteiger partial charge in [-0.2, -0.15) is 4.98 Å². The Morgan fingerprint density at radius 2 is 1.93 bits per heavy atom. The van der Waals surface area contributed by atoms with E-state index >= 15 is 0 Å². The van der Waals surface area contributed by atoms with Crippen LogP contribution in [0.4, 0.5) is 0 Å². The first-order chi connectivity index (χ1) is 13.6. The average molecular weight is 381 g/mol. The molecule has 1 heterocycles.